The minimum absolute atomic E-state index is 1.16. The van der Waals surface area contributed by atoms with Crippen molar-refractivity contribution in [2.24, 2.45) is 0 Å². The van der Waals surface area contributed by atoms with E-state index in [9.17, 15) is 0 Å². The Morgan fingerprint density at radius 3 is 2.53 bits per heavy atom. The highest BCUT2D eigenvalue weighted by Crippen LogP contribution is 2.26. The summed E-state index contributed by atoms with van der Waals surface area (Å²) in [7, 11) is 0. The van der Waals surface area contributed by atoms with Crippen molar-refractivity contribution in [2.45, 2.75) is 40.5 Å². The lowest BCUT2D eigenvalue weighted by Gasteiger charge is -2.11. The molecule has 82 valence electrons. The summed E-state index contributed by atoms with van der Waals surface area (Å²) in [4.78, 5) is 0. The molecule has 0 aliphatic rings. The van der Waals surface area contributed by atoms with Gasteiger partial charge in [0.2, 0.25) is 0 Å². The van der Waals surface area contributed by atoms with Crippen LogP contribution in [0.25, 0.3) is 5.57 Å². The van der Waals surface area contributed by atoms with Crippen molar-refractivity contribution < 1.29 is 0 Å². The monoisotopic (exact) mass is 266 g/mol. The molecule has 1 rings (SSSR count). The molecule has 0 unspecified atom stereocenters. The van der Waals surface area contributed by atoms with Gasteiger partial charge in [-0.3, -0.25) is 0 Å². The van der Waals surface area contributed by atoms with E-state index in [0.717, 1.165) is 4.47 Å². The van der Waals surface area contributed by atoms with Crippen LogP contribution in [-0.2, 0) is 0 Å². The van der Waals surface area contributed by atoms with Gasteiger partial charge < -0.3 is 0 Å². The first-order valence-electron chi connectivity index (χ1n) is 5.49. The normalized spacial score (nSPS) is 12.6. The van der Waals surface area contributed by atoms with Gasteiger partial charge in [0.15, 0.2) is 0 Å². The lowest BCUT2D eigenvalue weighted by Crippen LogP contribution is -1.89. The van der Waals surface area contributed by atoms with E-state index in [-0.39, 0.29) is 0 Å². The molecule has 0 spiro atoms. The average molecular weight is 267 g/mol. The molecular formula is C14H19Br. The number of allylic oxidation sites excluding steroid dienone is 2. The van der Waals surface area contributed by atoms with Crippen LogP contribution < -0.4 is 0 Å². The summed E-state index contributed by atoms with van der Waals surface area (Å²) >= 11 is 3.53. The van der Waals surface area contributed by atoms with Crippen molar-refractivity contribution in [1.29, 1.82) is 0 Å². The van der Waals surface area contributed by atoms with Crippen molar-refractivity contribution in [3.05, 3.63) is 39.4 Å². The molecule has 0 bridgehead atoms. The van der Waals surface area contributed by atoms with Gasteiger partial charge in [-0.05, 0) is 56.0 Å². The summed E-state index contributed by atoms with van der Waals surface area (Å²) < 4.78 is 1.16. The maximum Gasteiger partial charge on any atom is 0.0181 e. The fourth-order valence-electron chi connectivity index (χ4n) is 1.79. The number of hydrogen-bond acceptors (Lipinski definition) is 0. The highest BCUT2D eigenvalue weighted by atomic mass is 79.9. The van der Waals surface area contributed by atoms with Gasteiger partial charge in [0.25, 0.3) is 0 Å². The summed E-state index contributed by atoms with van der Waals surface area (Å²) in [6.07, 6.45) is 2.41. The maximum atomic E-state index is 3.53. The van der Waals surface area contributed by atoms with Gasteiger partial charge in [-0.15, -0.1) is 0 Å². The first kappa shape index (κ1) is 12.5. The van der Waals surface area contributed by atoms with E-state index >= 15 is 0 Å². The fourth-order valence-corrected chi connectivity index (χ4v) is 2.15. The highest BCUT2D eigenvalue weighted by Gasteiger charge is 2.04. The van der Waals surface area contributed by atoms with E-state index in [0.29, 0.717) is 0 Å². The largest absolute Gasteiger partial charge is 0.0698 e. The number of hydrogen-bond donors (Lipinski definition) is 0. The minimum atomic E-state index is 1.16. The molecule has 0 N–H and O–H groups in total. The van der Waals surface area contributed by atoms with E-state index in [2.05, 4.69) is 61.8 Å². The summed E-state index contributed by atoms with van der Waals surface area (Å²) in [5.74, 6) is 0. The van der Waals surface area contributed by atoms with Gasteiger partial charge in [-0.1, -0.05) is 40.9 Å². The quantitative estimate of drug-likeness (QED) is 0.692. The zero-order valence-corrected chi connectivity index (χ0v) is 11.6. The van der Waals surface area contributed by atoms with Crippen LogP contribution in [0.4, 0.5) is 0 Å². The molecule has 0 saturated heterocycles. The van der Waals surface area contributed by atoms with Gasteiger partial charge in [0.1, 0.15) is 0 Å². The second-order valence-electron chi connectivity index (χ2n) is 4.11. The van der Waals surface area contributed by atoms with Crippen LogP contribution in [-0.4, -0.2) is 0 Å². The van der Waals surface area contributed by atoms with E-state index in [1.807, 2.05) is 0 Å². The summed E-state index contributed by atoms with van der Waals surface area (Å²) in [6.45, 7) is 8.86. The van der Waals surface area contributed by atoms with Gasteiger partial charge >= 0.3 is 0 Å². The number of benzene rings is 1. The second kappa shape index (κ2) is 5.50. The molecule has 0 aliphatic heterocycles. The third kappa shape index (κ3) is 3.20. The average Bonchev–Trinajstić information content (AvgIpc) is 2.21. The molecule has 1 aromatic rings. The van der Waals surface area contributed by atoms with Crippen molar-refractivity contribution in [3.8, 4) is 0 Å². The van der Waals surface area contributed by atoms with Crippen LogP contribution in [0.5, 0.6) is 0 Å². The van der Waals surface area contributed by atoms with Gasteiger partial charge in [0, 0.05) is 4.47 Å². The Morgan fingerprint density at radius 2 is 1.93 bits per heavy atom. The molecule has 0 nitrogen and oxygen atoms in total. The lowest BCUT2D eigenvalue weighted by atomic mass is 9.96. The first-order chi connectivity index (χ1) is 7.06. The molecule has 0 aromatic heterocycles. The van der Waals surface area contributed by atoms with Gasteiger partial charge in [-0.2, -0.15) is 0 Å². The zero-order valence-electron chi connectivity index (χ0n) is 10.0. The van der Waals surface area contributed by atoms with Crippen LogP contribution in [0.1, 0.15) is 44.7 Å². The molecule has 0 atom stereocenters. The van der Waals surface area contributed by atoms with Crippen LogP contribution in [0.3, 0.4) is 0 Å². The van der Waals surface area contributed by atoms with Gasteiger partial charge in [-0.25, -0.2) is 0 Å². The molecule has 0 heterocycles. The Bertz CT molecular complexity index is 375. The summed E-state index contributed by atoms with van der Waals surface area (Å²) in [5.41, 5.74) is 5.65. The number of halogens is 1. The van der Waals surface area contributed by atoms with Gasteiger partial charge in [0.05, 0.1) is 0 Å². The number of aryl methyl sites for hydroxylation is 1. The first-order valence-corrected chi connectivity index (χ1v) is 6.28. The SMILES string of the molecule is CCC/C(C)=C(/C)c1cc(Br)ccc1C. The van der Waals surface area contributed by atoms with Crippen molar-refractivity contribution in [2.75, 3.05) is 0 Å². The Labute approximate surface area is 102 Å². The fraction of sp³-hybridized carbons (Fsp3) is 0.429. The van der Waals surface area contributed by atoms with Crippen molar-refractivity contribution >= 4 is 21.5 Å². The molecule has 0 amide bonds. The Balaban J connectivity index is 3.15. The minimum Gasteiger partial charge on any atom is -0.0698 e. The van der Waals surface area contributed by atoms with Crippen LogP contribution in [0.15, 0.2) is 28.2 Å². The summed E-state index contributed by atoms with van der Waals surface area (Å²) in [6, 6.07) is 6.48. The zero-order chi connectivity index (χ0) is 11.4. The van der Waals surface area contributed by atoms with E-state index in [4.69, 9.17) is 0 Å². The highest BCUT2D eigenvalue weighted by molar-refractivity contribution is 9.10. The van der Waals surface area contributed by atoms with Crippen LogP contribution in [0, 0.1) is 6.92 Å². The van der Waals surface area contributed by atoms with Crippen LogP contribution in [0.2, 0.25) is 0 Å². The summed E-state index contributed by atoms with van der Waals surface area (Å²) in [5, 5.41) is 0. The maximum absolute atomic E-state index is 3.53. The predicted molar refractivity (Wildman–Crippen MR) is 72.1 cm³/mol. The molecule has 0 fully saturated rings. The third-order valence-corrected chi connectivity index (χ3v) is 3.36. The Hall–Kier alpha value is -0.560. The molecule has 1 aromatic carbocycles. The molecule has 15 heavy (non-hydrogen) atoms. The second-order valence-corrected chi connectivity index (χ2v) is 5.03. The smallest absolute Gasteiger partial charge is 0.0181 e. The lowest BCUT2D eigenvalue weighted by molar-refractivity contribution is 0.906. The Kier molecular flexibility index (Phi) is 4.59. The molecule has 0 aliphatic carbocycles. The van der Waals surface area contributed by atoms with Crippen molar-refractivity contribution in [3.63, 3.8) is 0 Å². The molecule has 0 radical (unpaired) electrons. The van der Waals surface area contributed by atoms with E-state index < -0.39 is 0 Å². The topological polar surface area (TPSA) is 0 Å². The predicted octanol–water partition coefficient (Wildman–Crippen LogP) is 5.35. The molecule has 0 saturated carbocycles. The van der Waals surface area contributed by atoms with E-state index in [1.165, 1.54) is 35.1 Å². The Morgan fingerprint density at radius 1 is 1.27 bits per heavy atom. The molecule has 1 heteroatoms. The van der Waals surface area contributed by atoms with Crippen LogP contribution >= 0.6 is 15.9 Å². The van der Waals surface area contributed by atoms with E-state index in [1.54, 1.807) is 0 Å². The standard InChI is InChI=1S/C14H19Br/c1-5-6-10(2)12(4)14-9-13(15)8-7-11(14)3/h7-9H,5-6H2,1-4H3/b12-10-. The number of rotatable bonds is 3. The molecular weight excluding hydrogens is 248 g/mol. The van der Waals surface area contributed by atoms with Crippen molar-refractivity contribution in [1.82, 2.24) is 0 Å². The third-order valence-electron chi connectivity index (χ3n) is 2.87.